The fraction of sp³-hybridized carbons (Fsp3) is 0. The van der Waals surface area contributed by atoms with Crippen LogP contribution < -0.4 is 89.8 Å². The van der Waals surface area contributed by atoms with Crippen molar-refractivity contribution >= 4 is 39.7 Å². The first-order valence-corrected chi connectivity index (χ1v) is 4.83. The molecule has 0 N–H and O–H groups in total. The van der Waals surface area contributed by atoms with E-state index < -0.39 is 39.7 Å². The Morgan fingerprint density at radius 3 is 0.455 bits per heavy atom. The molecule has 0 rings (SSSR count). The Bertz CT molecular complexity index is 206. The van der Waals surface area contributed by atoms with E-state index in [0.29, 0.717) is 0 Å². The van der Waals surface area contributed by atoms with E-state index in [4.69, 9.17) is 77.8 Å². The molecule has 0 bridgehead atoms. The van der Waals surface area contributed by atoms with Crippen molar-refractivity contribution < 1.29 is 107 Å². The van der Waals surface area contributed by atoms with Crippen LogP contribution in [0.25, 0.3) is 0 Å². The second-order valence-corrected chi connectivity index (χ2v) is 2.38. The predicted octanol–water partition coefficient (Wildman–Crippen LogP) is -20.1. The zero-order valence-corrected chi connectivity index (χ0v) is 13.1. The first kappa shape index (κ1) is 38.3. The summed E-state index contributed by atoms with van der Waals surface area (Å²) >= 11 is 0. The molecule has 0 aromatic heterocycles. The van der Waals surface area contributed by atoms with Crippen LogP contribution in [0.3, 0.4) is 0 Å². The number of hydrogen-bond donors (Lipinski definition) is 0. The van der Waals surface area contributed by atoms with Crippen LogP contribution in [0.4, 0.5) is 0 Å². The molecule has 0 aliphatic carbocycles. The normalized spacial score (nSPS) is 7.55. The minimum atomic E-state index is -5.17. The number of rotatable bonds is 0. The first-order valence-electron chi connectivity index (χ1n) is 3.50. The van der Waals surface area contributed by atoms with Crippen molar-refractivity contribution in [1.82, 2.24) is 0 Å². The minimum Gasteiger partial charge on any atom is -0.907 e. The maximum absolute atomic E-state index is 8.52. The van der Waals surface area contributed by atoms with Crippen LogP contribution in [0.2, 0.25) is 0 Å². The predicted molar refractivity (Wildman–Crippen MR) is 33.5 cm³/mol. The molecule has 0 aromatic rings. The molecule has 0 aliphatic rings. The van der Waals surface area contributed by atoms with Gasteiger partial charge in [0.1, 0.15) is 0 Å². The van der Waals surface area contributed by atoms with E-state index in [1.165, 1.54) is 0 Å². The van der Waals surface area contributed by atoms with Gasteiger partial charge in [-0.25, -0.2) is 0 Å². The number of hydrogen-bond acceptors (Lipinski definition) is 16. The van der Waals surface area contributed by atoms with Gasteiger partial charge in [-0.3, -0.25) is 37.7 Å². The van der Waals surface area contributed by atoms with Crippen molar-refractivity contribution in [3.63, 3.8) is 0 Å². The Morgan fingerprint density at radius 1 is 0.455 bits per heavy atom. The Morgan fingerprint density at radius 2 is 0.455 bits per heavy atom. The quantitative estimate of drug-likeness (QED) is 0.221. The maximum Gasteiger partial charge on any atom is 1.00 e. The van der Waals surface area contributed by atoms with Crippen molar-refractivity contribution in [3.05, 3.63) is 0 Å². The third-order valence-corrected chi connectivity index (χ3v) is 0. The van der Waals surface area contributed by atoms with Crippen molar-refractivity contribution in [1.29, 1.82) is 0 Å². The summed E-state index contributed by atoms with van der Waals surface area (Å²) in [7, 11) is -16.8. The Hall–Kier alpha value is 0.650. The van der Waals surface area contributed by atoms with Crippen LogP contribution in [0.15, 0.2) is 0 Å². The monoisotopic (exact) mass is 355 g/mol. The summed E-state index contributed by atoms with van der Waals surface area (Å²) in [5.74, 6) is 0. The molecular weight excluding hydrogens is 354 g/mol. The van der Waals surface area contributed by atoms with Crippen LogP contribution in [0.5, 0.6) is 0 Å². The molecule has 0 radical (unpaired) electrons. The van der Waals surface area contributed by atoms with Crippen LogP contribution in [-0.4, -0.2) is 46.8 Å². The summed E-state index contributed by atoms with van der Waals surface area (Å²) in [4.78, 5) is 0. The minimum absolute atomic E-state index is 0. The molecule has 0 unspecified atom stereocenters. The van der Waals surface area contributed by atoms with Crippen LogP contribution in [-0.2, 0) is 10.4 Å². The second kappa shape index (κ2) is 26.5. The smallest absolute Gasteiger partial charge is 0.907 e. The van der Waals surface area contributed by atoms with Gasteiger partial charge in [0.25, 0.3) is 0 Å². The molecule has 0 saturated carbocycles. The van der Waals surface area contributed by atoms with Gasteiger partial charge in [0, 0.05) is 10.4 Å². The molecule has 0 atom stereocenters. The molecule has 0 heterocycles. The Balaban J connectivity index is -0.0000000361. The largest absolute Gasteiger partial charge is 1.00 e. The molecule has 16 nitrogen and oxygen atoms in total. The van der Waals surface area contributed by atoms with Gasteiger partial charge in [-0.15, -0.1) is 0 Å². The van der Waals surface area contributed by atoms with Crippen LogP contribution in [0.1, 0.15) is 0 Å². The summed E-state index contributed by atoms with van der Waals surface area (Å²) in [6.07, 6.45) is 0. The van der Waals surface area contributed by atoms with Crippen LogP contribution >= 0.6 is 0 Å². The van der Waals surface area contributed by atoms with Gasteiger partial charge >= 0.3 is 29.6 Å². The average molecular weight is 354 g/mol. The van der Waals surface area contributed by atoms with E-state index in [-0.39, 0.29) is 29.6 Å². The molecule has 22 heavy (non-hydrogen) atoms. The molecule has 0 fully saturated rings. The van der Waals surface area contributed by atoms with E-state index >= 15 is 0 Å². The molecule has 0 saturated heterocycles. The molecule has 0 aromatic carbocycles. The topological polar surface area (TPSA) is 357 Å². The van der Waals surface area contributed by atoms with Gasteiger partial charge in [0.2, 0.25) is 0 Å². The van der Waals surface area contributed by atoms with E-state index in [9.17, 15) is 0 Å². The Labute approximate surface area is 147 Å². The van der Waals surface area contributed by atoms with E-state index in [1.807, 2.05) is 0 Å². The summed E-state index contributed by atoms with van der Waals surface area (Å²) in [6, 6.07) is 0. The molecule has 0 amide bonds. The summed E-state index contributed by atoms with van der Waals surface area (Å²) in [6.45, 7) is 0. The average Bonchev–Trinajstić information content (AvgIpc) is 1.91. The standard InChI is InChI=1S/4BO3.Na.H2O4S/c4*2-1(3)4;;1-5(2,3)4/h;;;;;(H2,1,2,3,4)/q4*-3;+1;/p-2. The summed E-state index contributed by atoms with van der Waals surface area (Å²) in [5.41, 5.74) is 0. The van der Waals surface area contributed by atoms with Gasteiger partial charge in [-0.05, 0) is 0 Å². The van der Waals surface area contributed by atoms with Gasteiger partial charge in [-0.2, -0.15) is 0 Å². The van der Waals surface area contributed by atoms with Crippen LogP contribution in [0, 0.1) is 0 Å². The zero-order chi connectivity index (χ0) is 18.8. The molecule has 0 aliphatic heterocycles. The van der Waals surface area contributed by atoms with E-state index in [1.54, 1.807) is 0 Å². The van der Waals surface area contributed by atoms with Crippen molar-refractivity contribution in [2.75, 3.05) is 0 Å². The van der Waals surface area contributed by atoms with Gasteiger partial charge in [0.05, 0.1) is 0 Å². The van der Waals surface area contributed by atoms with Crippen molar-refractivity contribution in [3.8, 4) is 0 Å². The van der Waals surface area contributed by atoms with Gasteiger partial charge in [0.15, 0.2) is 0 Å². The summed E-state index contributed by atoms with van der Waals surface area (Å²) < 4.78 is 34.1. The molecule has 0 spiro atoms. The molecule has 128 valence electrons. The van der Waals surface area contributed by atoms with E-state index in [0.717, 1.165) is 0 Å². The zero-order valence-electron chi connectivity index (χ0n) is 10.2. The van der Waals surface area contributed by atoms with Gasteiger partial charge < -0.3 is 69.4 Å². The first-order chi connectivity index (χ1) is 8.93. The fourth-order valence-electron chi connectivity index (χ4n) is 0. The third-order valence-electron chi connectivity index (χ3n) is 0. The van der Waals surface area contributed by atoms with E-state index in [2.05, 4.69) is 0 Å². The maximum atomic E-state index is 8.52. The fourth-order valence-corrected chi connectivity index (χ4v) is 0. The third kappa shape index (κ3) is 18900. The SMILES string of the molecule is O=S(=O)([O-])[O-].[Na+].[O-]B([O-])[O-].[O-]B([O-])[O-].[O-]B([O-])[O-].[O-]B([O-])[O-]. The van der Waals surface area contributed by atoms with Crippen molar-refractivity contribution in [2.24, 2.45) is 0 Å². The second-order valence-electron chi connectivity index (χ2n) is 1.56. The Kier molecular flexibility index (Phi) is 46.2. The molecular formula is B4NaO16S-13. The molecule has 22 heteroatoms. The summed E-state index contributed by atoms with van der Waals surface area (Å²) in [5, 5.41) is 101. The van der Waals surface area contributed by atoms with Gasteiger partial charge in [-0.1, -0.05) is 0 Å². The van der Waals surface area contributed by atoms with Crippen molar-refractivity contribution in [2.45, 2.75) is 0 Å².